The monoisotopic (exact) mass is 454 g/mol. The summed E-state index contributed by atoms with van der Waals surface area (Å²) < 4.78 is 0. The Hall–Kier alpha value is -2.59. The van der Waals surface area contributed by atoms with Crippen LogP contribution in [-0.2, 0) is 6.54 Å². The maximum Gasteiger partial charge on any atom is 0.252 e. The second-order valence-corrected chi connectivity index (χ2v) is 8.19. The van der Waals surface area contributed by atoms with Crippen molar-refractivity contribution in [3.05, 3.63) is 98.5 Å². The summed E-state index contributed by atoms with van der Waals surface area (Å²) in [7, 11) is 0. The number of carbonyl (C=O) groups is 1. The number of hydrogen-bond donors (Lipinski definition) is 1. The second-order valence-electron chi connectivity index (χ2n) is 6.91. The number of benzene rings is 3. The van der Waals surface area contributed by atoms with Gasteiger partial charge in [0.25, 0.3) is 5.91 Å². The molecule has 0 aliphatic carbocycles. The summed E-state index contributed by atoms with van der Waals surface area (Å²) in [5.41, 5.74) is 4.41. The standard InChI is InChI=1S/C24H17Cl3N2O/c1-14-22(24(30)28-13-15-6-8-16(25)9-7-15)19-4-2-3-5-21(19)29-23(14)18-11-10-17(26)12-20(18)27/h2-12H,13H2,1H3,(H,28,30). The maximum atomic E-state index is 13.2. The van der Waals surface area contributed by atoms with Gasteiger partial charge in [0.2, 0.25) is 0 Å². The predicted octanol–water partition coefficient (Wildman–Crippen LogP) is 7.10. The van der Waals surface area contributed by atoms with Gasteiger partial charge < -0.3 is 5.32 Å². The van der Waals surface area contributed by atoms with E-state index in [0.717, 1.165) is 27.6 Å². The molecule has 0 saturated carbocycles. The first-order valence-corrected chi connectivity index (χ1v) is 10.4. The minimum atomic E-state index is -0.174. The molecule has 6 heteroatoms. The number of aromatic nitrogens is 1. The molecule has 0 aliphatic heterocycles. The van der Waals surface area contributed by atoms with Gasteiger partial charge in [-0.25, -0.2) is 4.98 Å². The molecule has 3 nitrogen and oxygen atoms in total. The van der Waals surface area contributed by atoms with Crippen molar-refractivity contribution in [3.8, 4) is 11.3 Å². The minimum Gasteiger partial charge on any atom is -0.348 e. The zero-order valence-electron chi connectivity index (χ0n) is 16.0. The van der Waals surface area contributed by atoms with Gasteiger partial charge in [-0.1, -0.05) is 65.1 Å². The van der Waals surface area contributed by atoms with E-state index in [-0.39, 0.29) is 5.91 Å². The lowest BCUT2D eigenvalue weighted by molar-refractivity contribution is 0.0952. The van der Waals surface area contributed by atoms with Crippen molar-refractivity contribution in [2.24, 2.45) is 0 Å². The largest absolute Gasteiger partial charge is 0.348 e. The third-order valence-electron chi connectivity index (χ3n) is 4.92. The first-order chi connectivity index (χ1) is 14.4. The van der Waals surface area contributed by atoms with Crippen LogP contribution in [0.2, 0.25) is 15.1 Å². The van der Waals surface area contributed by atoms with Crippen molar-refractivity contribution in [2.75, 3.05) is 0 Å². The molecule has 150 valence electrons. The second kappa shape index (κ2) is 8.65. The van der Waals surface area contributed by atoms with Gasteiger partial charge >= 0.3 is 0 Å². The molecule has 1 N–H and O–H groups in total. The molecule has 1 heterocycles. The Labute approximate surface area is 189 Å². The van der Waals surface area contributed by atoms with E-state index in [0.29, 0.717) is 32.9 Å². The van der Waals surface area contributed by atoms with Crippen LogP contribution < -0.4 is 5.32 Å². The molecule has 1 aromatic heterocycles. The summed E-state index contributed by atoms with van der Waals surface area (Å²) in [6, 6.07) is 20.2. The van der Waals surface area contributed by atoms with Crippen LogP contribution in [0.25, 0.3) is 22.2 Å². The number of nitrogens with one attached hydrogen (secondary N) is 1. The molecule has 0 bridgehead atoms. The summed E-state index contributed by atoms with van der Waals surface area (Å²) in [5, 5.41) is 5.48. The summed E-state index contributed by atoms with van der Waals surface area (Å²) >= 11 is 18.4. The predicted molar refractivity (Wildman–Crippen MR) is 125 cm³/mol. The van der Waals surface area contributed by atoms with Crippen LogP contribution in [0.4, 0.5) is 0 Å². The van der Waals surface area contributed by atoms with Gasteiger partial charge in [0.1, 0.15) is 0 Å². The van der Waals surface area contributed by atoms with Crippen molar-refractivity contribution in [2.45, 2.75) is 13.5 Å². The highest BCUT2D eigenvalue weighted by Gasteiger charge is 2.20. The summed E-state index contributed by atoms with van der Waals surface area (Å²) in [6.45, 7) is 2.28. The van der Waals surface area contributed by atoms with E-state index in [1.165, 1.54) is 0 Å². The number of nitrogens with zero attached hydrogens (tertiary/aromatic N) is 1. The lowest BCUT2D eigenvalue weighted by Crippen LogP contribution is -2.24. The fraction of sp³-hybridized carbons (Fsp3) is 0.0833. The van der Waals surface area contributed by atoms with Crippen molar-refractivity contribution in [3.63, 3.8) is 0 Å². The van der Waals surface area contributed by atoms with Gasteiger partial charge in [0.05, 0.1) is 21.8 Å². The summed E-state index contributed by atoms with van der Waals surface area (Å²) in [5.74, 6) is -0.174. The Balaban J connectivity index is 1.78. The van der Waals surface area contributed by atoms with Crippen LogP contribution in [0.5, 0.6) is 0 Å². The molecule has 4 aromatic rings. The SMILES string of the molecule is Cc1c(-c2ccc(Cl)cc2Cl)nc2ccccc2c1C(=O)NCc1ccc(Cl)cc1. The molecule has 30 heavy (non-hydrogen) atoms. The maximum absolute atomic E-state index is 13.2. The van der Waals surface area contributed by atoms with Gasteiger partial charge in [-0.2, -0.15) is 0 Å². The Kier molecular flexibility index (Phi) is 5.96. The Morgan fingerprint density at radius 3 is 2.37 bits per heavy atom. The van der Waals surface area contributed by atoms with Crippen LogP contribution in [0.1, 0.15) is 21.5 Å². The number of carbonyl (C=O) groups excluding carboxylic acids is 1. The zero-order valence-corrected chi connectivity index (χ0v) is 18.3. The van der Waals surface area contributed by atoms with Gasteiger partial charge in [0, 0.05) is 27.5 Å². The highest BCUT2D eigenvalue weighted by Crippen LogP contribution is 2.34. The first-order valence-electron chi connectivity index (χ1n) is 9.31. The number of pyridine rings is 1. The Morgan fingerprint density at radius 1 is 0.933 bits per heavy atom. The fourth-order valence-electron chi connectivity index (χ4n) is 3.42. The highest BCUT2D eigenvalue weighted by molar-refractivity contribution is 6.36. The van der Waals surface area contributed by atoms with Crippen LogP contribution in [0.3, 0.4) is 0 Å². The molecular formula is C24H17Cl3N2O. The third-order valence-corrected chi connectivity index (χ3v) is 5.72. The number of rotatable bonds is 4. The smallest absolute Gasteiger partial charge is 0.252 e. The highest BCUT2D eigenvalue weighted by atomic mass is 35.5. The molecule has 0 atom stereocenters. The van der Waals surface area contributed by atoms with E-state index in [9.17, 15) is 4.79 Å². The Morgan fingerprint density at radius 2 is 1.63 bits per heavy atom. The number of amides is 1. The summed E-state index contributed by atoms with van der Waals surface area (Å²) in [6.07, 6.45) is 0. The van der Waals surface area contributed by atoms with Gasteiger partial charge in [-0.3, -0.25) is 4.79 Å². The van der Waals surface area contributed by atoms with E-state index < -0.39 is 0 Å². The Bertz CT molecular complexity index is 1250. The number of fused-ring (bicyclic) bond motifs is 1. The molecule has 0 aliphatic rings. The van der Waals surface area contributed by atoms with E-state index in [2.05, 4.69) is 5.32 Å². The van der Waals surface area contributed by atoms with Crippen LogP contribution >= 0.6 is 34.8 Å². The van der Waals surface area contributed by atoms with Crippen LogP contribution in [0.15, 0.2) is 66.7 Å². The molecule has 0 spiro atoms. The molecule has 4 rings (SSSR count). The average Bonchev–Trinajstić information content (AvgIpc) is 2.73. The van der Waals surface area contributed by atoms with Crippen molar-refractivity contribution in [1.29, 1.82) is 0 Å². The molecule has 3 aromatic carbocycles. The van der Waals surface area contributed by atoms with Crippen molar-refractivity contribution in [1.82, 2.24) is 10.3 Å². The van der Waals surface area contributed by atoms with Crippen LogP contribution in [-0.4, -0.2) is 10.9 Å². The molecule has 0 unspecified atom stereocenters. The first kappa shape index (κ1) is 20.7. The summed E-state index contributed by atoms with van der Waals surface area (Å²) in [4.78, 5) is 18.0. The van der Waals surface area contributed by atoms with Crippen molar-refractivity contribution < 1.29 is 4.79 Å². The number of halogens is 3. The lowest BCUT2D eigenvalue weighted by atomic mass is 9.97. The third kappa shape index (κ3) is 4.15. The van der Waals surface area contributed by atoms with E-state index >= 15 is 0 Å². The normalized spacial score (nSPS) is 10.9. The minimum absolute atomic E-state index is 0.174. The lowest BCUT2D eigenvalue weighted by Gasteiger charge is -2.16. The average molecular weight is 456 g/mol. The van der Waals surface area contributed by atoms with E-state index in [1.54, 1.807) is 24.3 Å². The number of para-hydroxylation sites is 1. The molecule has 0 saturated heterocycles. The quantitative estimate of drug-likeness (QED) is 0.356. The van der Waals surface area contributed by atoms with Crippen molar-refractivity contribution >= 4 is 51.6 Å². The van der Waals surface area contributed by atoms with Gasteiger partial charge in [0.15, 0.2) is 0 Å². The number of hydrogen-bond acceptors (Lipinski definition) is 2. The molecule has 0 fully saturated rings. The van der Waals surface area contributed by atoms with Crippen LogP contribution in [0, 0.1) is 6.92 Å². The van der Waals surface area contributed by atoms with E-state index in [4.69, 9.17) is 39.8 Å². The van der Waals surface area contributed by atoms with E-state index in [1.807, 2.05) is 49.4 Å². The molecular weight excluding hydrogens is 439 g/mol. The van der Waals surface area contributed by atoms with Gasteiger partial charge in [-0.15, -0.1) is 0 Å². The fourth-order valence-corrected chi connectivity index (χ4v) is 4.04. The zero-order chi connectivity index (χ0) is 21.3. The molecule has 0 radical (unpaired) electrons. The van der Waals surface area contributed by atoms with Gasteiger partial charge in [-0.05, 0) is 54.4 Å². The topological polar surface area (TPSA) is 42.0 Å². The molecule has 1 amide bonds.